The van der Waals surface area contributed by atoms with E-state index in [4.69, 9.17) is 4.74 Å². The summed E-state index contributed by atoms with van der Waals surface area (Å²) >= 11 is 0. The normalized spacial score (nSPS) is 11.9. The first-order valence-corrected chi connectivity index (χ1v) is 16.0. The topological polar surface area (TPSA) is 96.0 Å². The number of carbonyl (C=O) groups is 2. The number of sulfonamides is 1. The third kappa shape index (κ3) is 8.58. The molecule has 0 heterocycles. The van der Waals surface area contributed by atoms with Gasteiger partial charge in [0, 0.05) is 13.1 Å². The van der Waals surface area contributed by atoms with Crippen molar-refractivity contribution in [1.82, 2.24) is 10.2 Å². The zero-order valence-corrected chi connectivity index (χ0v) is 26.1. The fourth-order valence-electron chi connectivity index (χ4n) is 4.67. The highest BCUT2D eigenvalue weighted by molar-refractivity contribution is 7.92. The molecule has 0 fully saturated rings. The molecule has 0 saturated heterocycles. The van der Waals surface area contributed by atoms with Gasteiger partial charge in [0.1, 0.15) is 18.3 Å². The maximum atomic E-state index is 14.2. The molecule has 9 heteroatoms. The van der Waals surface area contributed by atoms with Gasteiger partial charge in [0.25, 0.3) is 10.0 Å². The first-order chi connectivity index (χ1) is 20.1. The van der Waals surface area contributed by atoms with Crippen molar-refractivity contribution in [2.24, 2.45) is 0 Å². The molecule has 8 nitrogen and oxygen atoms in total. The van der Waals surface area contributed by atoms with E-state index in [-0.39, 0.29) is 17.3 Å². The fraction of sp³-hybridized carbons (Fsp3) is 0.394. The van der Waals surface area contributed by atoms with Crippen molar-refractivity contribution in [3.05, 3.63) is 89.5 Å². The highest BCUT2D eigenvalue weighted by Crippen LogP contribution is 2.27. The van der Waals surface area contributed by atoms with E-state index in [0.29, 0.717) is 31.0 Å². The Morgan fingerprint density at radius 3 is 2.19 bits per heavy atom. The molecule has 3 rings (SSSR count). The van der Waals surface area contributed by atoms with Crippen molar-refractivity contribution in [2.45, 2.75) is 71.4 Å². The number of ether oxygens (including phenoxy) is 1. The number of carbonyl (C=O) groups excluding carboxylic acids is 2. The summed E-state index contributed by atoms with van der Waals surface area (Å²) in [6.07, 6.45) is 2.13. The summed E-state index contributed by atoms with van der Waals surface area (Å²) in [5, 5.41) is 2.95. The molecule has 1 N–H and O–H groups in total. The van der Waals surface area contributed by atoms with Gasteiger partial charge in [-0.15, -0.1) is 0 Å². The Kier molecular flexibility index (Phi) is 12.0. The number of hydrogen-bond donors (Lipinski definition) is 1. The van der Waals surface area contributed by atoms with Crippen molar-refractivity contribution < 1.29 is 22.7 Å². The number of unbranched alkanes of at least 4 members (excludes halogenated alkanes) is 1. The minimum absolute atomic E-state index is 0.0735. The molecule has 0 aliphatic heterocycles. The van der Waals surface area contributed by atoms with Gasteiger partial charge in [-0.25, -0.2) is 8.42 Å². The summed E-state index contributed by atoms with van der Waals surface area (Å²) in [6.45, 7) is 10.3. The van der Waals surface area contributed by atoms with Gasteiger partial charge in [-0.3, -0.25) is 13.9 Å². The zero-order chi connectivity index (χ0) is 30.7. The van der Waals surface area contributed by atoms with Crippen molar-refractivity contribution >= 4 is 27.5 Å². The zero-order valence-electron chi connectivity index (χ0n) is 25.3. The van der Waals surface area contributed by atoms with Crippen LogP contribution in [0, 0.1) is 13.8 Å². The van der Waals surface area contributed by atoms with Gasteiger partial charge in [0.2, 0.25) is 11.8 Å². The number of amides is 2. The Balaban J connectivity index is 2.04. The van der Waals surface area contributed by atoms with Gasteiger partial charge in [-0.05, 0) is 75.6 Å². The Bertz CT molecular complexity index is 1420. The summed E-state index contributed by atoms with van der Waals surface area (Å²) in [5.74, 6) is -0.129. The van der Waals surface area contributed by atoms with Crippen LogP contribution in [0.3, 0.4) is 0 Å². The van der Waals surface area contributed by atoms with Crippen molar-refractivity contribution in [3.63, 3.8) is 0 Å². The number of nitrogens with one attached hydrogen (secondary N) is 1. The van der Waals surface area contributed by atoms with Crippen LogP contribution in [0.5, 0.6) is 5.75 Å². The van der Waals surface area contributed by atoms with Crippen LogP contribution in [0.2, 0.25) is 0 Å². The first-order valence-electron chi connectivity index (χ1n) is 14.6. The molecule has 0 unspecified atom stereocenters. The third-order valence-electron chi connectivity index (χ3n) is 6.97. The molecule has 0 aliphatic carbocycles. The van der Waals surface area contributed by atoms with Crippen LogP contribution in [0.25, 0.3) is 0 Å². The van der Waals surface area contributed by atoms with Crippen LogP contribution in [0.4, 0.5) is 5.69 Å². The predicted molar refractivity (Wildman–Crippen MR) is 167 cm³/mol. The van der Waals surface area contributed by atoms with E-state index >= 15 is 0 Å². The molecule has 0 radical (unpaired) electrons. The second-order valence-electron chi connectivity index (χ2n) is 10.3. The largest absolute Gasteiger partial charge is 0.494 e. The van der Waals surface area contributed by atoms with Crippen molar-refractivity contribution in [2.75, 3.05) is 24.0 Å². The molecule has 3 aromatic rings. The van der Waals surface area contributed by atoms with Gasteiger partial charge in [0.15, 0.2) is 0 Å². The highest BCUT2D eigenvalue weighted by atomic mass is 32.2. The van der Waals surface area contributed by atoms with Gasteiger partial charge in [-0.2, -0.15) is 0 Å². The van der Waals surface area contributed by atoms with Gasteiger partial charge in [-0.1, -0.05) is 67.8 Å². The Hall–Kier alpha value is -3.85. The van der Waals surface area contributed by atoms with E-state index in [1.54, 1.807) is 36.4 Å². The lowest BCUT2D eigenvalue weighted by atomic mass is 10.1. The minimum Gasteiger partial charge on any atom is -0.494 e. The number of benzene rings is 3. The average molecular weight is 594 g/mol. The Morgan fingerprint density at radius 1 is 0.905 bits per heavy atom. The van der Waals surface area contributed by atoms with E-state index < -0.39 is 28.5 Å². The molecule has 42 heavy (non-hydrogen) atoms. The smallest absolute Gasteiger partial charge is 0.264 e. The lowest BCUT2D eigenvalue weighted by Crippen LogP contribution is -2.52. The maximum Gasteiger partial charge on any atom is 0.264 e. The molecule has 3 aromatic carbocycles. The third-order valence-corrected chi connectivity index (χ3v) is 8.76. The molecule has 0 saturated carbocycles. The predicted octanol–water partition coefficient (Wildman–Crippen LogP) is 5.62. The van der Waals surface area contributed by atoms with Crippen LogP contribution in [-0.2, 0) is 26.2 Å². The quantitative estimate of drug-likeness (QED) is 0.231. The molecule has 226 valence electrons. The number of hydrogen-bond acceptors (Lipinski definition) is 5. The first kappa shape index (κ1) is 32.7. The number of nitrogens with zero attached hydrogens (tertiary/aromatic N) is 2. The van der Waals surface area contributed by atoms with E-state index in [9.17, 15) is 18.0 Å². The van der Waals surface area contributed by atoms with Crippen LogP contribution in [0.15, 0.2) is 77.7 Å². The molecule has 0 bridgehead atoms. The Morgan fingerprint density at radius 2 is 1.60 bits per heavy atom. The summed E-state index contributed by atoms with van der Waals surface area (Å²) in [6, 6.07) is 20.1. The van der Waals surface area contributed by atoms with Gasteiger partial charge < -0.3 is 15.0 Å². The van der Waals surface area contributed by atoms with Crippen LogP contribution < -0.4 is 14.4 Å². The minimum atomic E-state index is -4.13. The van der Waals surface area contributed by atoms with E-state index in [1.807, 2.05) is 58.9 Å². The number of aryl methyl sites for hydroxylation is 2. The van der Waals surface area contributed by atoms with Crippen molar-refractivity contribution in [1.29, 1.82) is 0 Å². The van der Waals surface area contributed by atoms with Crippen molar-refractivity contribution in [3.8, 4) is 5.75 Å². The molecule has 1 atom stereocenters. The lowest BCUT2D eigenvalue weighted by molar-refractivity contribution is -0.140. The summed E-state index contributed by atoms with van der Waals surface area (Å²) < 4.78 is 34.7. The van der Waals surface area contributed by atoms with Gasteiger partial charge >= 0.3 is 0 Å². The van der Waals surface area contributed by atoms with Crippen LogP contribution in [-0.4, -0.2) is 50.9 Å². The second-order valence-corrected chi connectivity index (χ2v) is 12.2. The maximum absolute atomic E-state index is 14.2. The average Bonchev–Trinajstić information content (AvgIpc) is 2.96. The van der Waals surface area contributed by atoms with Crippen LogP contribution >= 0.6 is 0 Å². The van der Waals surface area contributed by atoms with E-state index in [0.717, 1.165) is 33.8 Å². The number of anilines is 1. The standard InChI is InChI=1S/C33H43N3O5S/c1-6-9-21-34-33(38)31(7-2)35(23-27-12-10-11-26(5)22-27)32(37)24-36(28-15-17-29(18-16-28)41-8-3)42(39,40)30-19-13-25(4)14-20-30/h10-20,22,31H,6-9,21,23-24H2,1-5H3,(H,34,38)/t31-/m1/s1. The molecule has 0 aromatic heterocycles. The second kappa shape index (κ2) is 15.4. The SMILES string of the molecule is CCCCNC(=O)[C@@H](CC)N(Cc1cccc(C)c1)C(=O)CN(c1ccc(OCC)cc1)S(=O)(=O)c1ccc(C)cc1. The molecule has 2 amide bonds. The summed E-state index contributed by atoms with van der Waals surface area (Å²) in [7, 11) is -4.13. The van der Waals surface area contributed by atoms with Gasteiger partial charge in [0.05, 0.1) is 17.2 Å². The van der Waals surface area contributed by atoms with Crippen LogP contribution in [0.1, 0.15) is 56.7 Å². The highest BCUT2D eigenvalue weighted by Gasteiger charge is 2.33. The lowest BCUT2D eigenvalue weighted by Gasteiger charge is -2.33. The molecular formula is C33H43N3O5S. The molecule has 0 aliphatic rings. The van der Waals surface area contributed by atoms with E-state index in [1.165, 1.54) is 17.0 Å². The Labute approximate surface area is 250 Å². The fourth-order valence-corrected chi connectivity index (χ4v) is 6.09. The molecule has 0 spiro atoms. The van der Waals surface area contributed by atoms with E-state index in [2.05, 4.69) is 5.32 Å². The monoisotopic (exact) mass is 593 g/mol. The summed E-state index contributed by atoms with van der Waals surface area (Å²) in [4.78, 5) is 29.0. The molecular weight excluding hydrogens is 550 g/mol. The number of rotatable bonds is 15. The summed E-state index contributed by atoms with van der Waals surface area (Å²) in [5.41, 5.74) is 3.13.